The lowest BCUT2D eigenvalue weighted by Gasteiger charge is -2.33. The van der Waals surface area contributed by atoms with Crippen molar-refractivity contribution in [1.29, 1.82) is 0 Å². The Hall–Kier alpha value is -0.870. The van der Waals surface area contributed by atoms with Crippen LogP contribution in [0.25, 0.3) is 0 Å². The predicted octanol–water partition coefficient (Wildman–Crippen LogP) is 1.96. The van der Waals surface area contributed by atoms with Crippen molar-refractivity contribution in [1.82, 2.24) is 9.97 Å². The first-order valence-electron chi connectivity index (χ1n) is 5.98. The van der Waals surface area contributed by atoms with Crippen LogP contribution in [0.5, 0.6) is 0 Å². The van der Waals surface area contributed by atoms with E-state index in [0.717, 1.165) is 43.1 Å². The standard InChI is InChI=1S/C12H18ClN3O/c1-8-9(2)15-12(11(13)14-8)16-5-3-4-10(6-16)7-17/h10,17H,3-7H2,1-2H3. The van der Waals surface area contributed by atoms with Gasteiger partial charge in [0, 0.05) is 19.7 Å². The average molecular weight is 256 g/mol. The molecule has 2 heterocycles. The van der Waals surface area contributed by atoms with Crippen LogP contribution in [0.3, 0.4) is 0 Å². The molecule has 94 valence electrons. The minimum atomic E-state index is 0.229. The maximum atomic E-state index is 9.23. The summed E-state index contributed by atoms with van der Waals surface area (Å²) in [6, 6.07) is 0. The second-order valence-corrected chi connectivity index (χ2v) is 5.00. The van der Waals surface area contributed by atoms with Crippen LogP contribution in [0.15, 0.2) is 0 Å². The van der Waals surface area contributed by atoms with Gasteiger partial charge in [-0.15, -0.1) is 0 Å². The van der Waals surface area contributed by atoms with Gasteiger partial charge in [0.25, 0.3) is 0 Å². The Bertz CT molecular complexity index is 411. The van der Waals surface area contributed by atoms with Crippen LogP contribution in [0.4, 0.5) is 5.82 Å². The highest BCUT2D eigenvalue weighted by molar-refractivity contribution is 6.31. The van der Waals surface area contributed by atoms with Crippen LogP contribution in [-0.4, -0.2) is 34.8 Å². The Labute approximate surface area is 107 Å². The summed E-state index contributed by atoms with van der Waals surface area (Å²) in [4.78, 5) is 10.9. The van der Waals surface area contributed by atoms with Crippen LogP contribution >= 0.6 is 11.6 Å². The van der Waals surface area contributed by atoms with E-state index in [0.29, 0.717) is 11.1 Å². The highest BCUT2D eigenvalue weighted by Gasteiger charge is 2.22. The molecule has 1 fully saturated rings. The third kappa shape index (κ3) is 2.69. The molecular weight excluding hydrogens is 238 g/mol. The monoisotopic (exact) mass is 255 g/mol. The van der Waals surface area contributed by atoms with Gasteiger partial charge in [-0.05, 0) is 32.6 Å². The molecule has 0 saturated carbocycles. The number of anilines is 1. The summed E-state index contributed by atoms with van der Waals surface area (Å²) in [5.74, 6) is 1.08. The van der Waals surface area contributed by atoms with Crippen molar-refractivity contribution in [3.05, 3.63) is 16.5 Å². The minimum absolute atomic E-state index is 0.229. The van der Waals surface area contributed by atoms with Crippen LogP contribution < -0.4 is 4.90 Å². The Morgan fingerprint density at radius 2 is 2.06 bits per heavy atom. The zero-order valence-electron chi connectivity index (χ0n) is 10.3. The molecule has 1 aromatic rings. The molecule has 4 nitrogen and oxygen atoms in total. The van der Waals surface area contributed by atoms with Crippen LogP contribution in [0, 0.1) is 19.8 Å². The third-order valence-corrected chi connectivity index (χ3v) is 3.58. The maximum absolute atomic E-state index is 9.23. The van der Waals surface area contributed by atoms with E-state index in [4.69, 9.17) is 11.6 Å². The molecule has 0 radical (unpaired) electrons. The molecule has 1 aliphatic heterocycles. The van der Waals surface area contributed by atoms with Crippen molar-refractivity contribution in [3.63, 3.8) is 0 Å². The zero-order chi connectivity index (χ0) is 12.4. The van der Waals surface area contributed by atoms with Gasteiger partial charge in [-0.3, -0.25) is 0 Å². The summed E-state index contributed by atoms with van der Waals surface area (Å²) in [7, 11) is 0. The fraction of sp³-hybridized carbons (Fsp3) is 0.667. The van der Waals surface area contributed by atoms with E-state index < -0.39 is 0 Å². The first-order valence-corrected chi connectivity index (χ1v) is 6.36. The number of aryl methyl sites for hydroxylation is 2. The molecule has 1 N–H and O–H groups in total. The summed E-state index contributed by atoms with van der Waals surface area (Å²) in [5.41, 5.74) is 1.78. The van der Waals surface area contributed by atoms with Crippen molar-refractivity contribution < 1.29 is 5.11 Å². The highest BCUT2D eigenvalue weighted by atomic mass is 35.5. The Balaban J connectivity index is 2.24. The minimum Gasteiger partial charge on any atom is -0.396 e. The lowest BCUT2D eigenvalue weighted by Crippen LogP contribution is -2.37. The number of nitrogens with zero attached hydrogens (tertiary/aromatic N) is 3. The molecule has 1 aliphatic rings. The fourth-order valence-corrected chi connectivity index (χ4v) is 2.46. The van der Waals surface area contributed by atoms with Crippen molar-refractivity contribution in [2.75, 3.05) is 24.6 Å². The average Bonchev–Trinajstić information content (AvgIpc) is 2.34. The molecule has 1 aromatic heterocycles. The van der Waals surface area contributed by atoms with Gasteiger partial charge in [-0.25, -0.2) is 9.97 Å². The van der Waals surface area contributed by atoms with Crippen LogP contribution in [-0.2, 0) is 0 Å². The smallest absolute Gasteiger partial charge is 0.171 e. The van der Waals surface area contributed by atoms with Crippen molar-refractivity contribution in [2.24, 2.45) is 5.92 Å². The van der Waals surface area contributed by atoms with E-state index in [1.165, 1.54) is 0 Å². The number of hydrogen-bond acceptors (Lipinski definition) is 4. The molecule has 1 atom stereocenters. The number of rotatable bonds is 2. The number of halogens is 1. The molecule has 0 aromatic carbocycles. The number of hydrogen-bond donors (Lipinski definition) is 1. The fourth-order valence-electron chi connectivity index (χ4n) is 2.17. The molecular formula is C12H18ClN3O. The highest BCUT2D eigenvalue weighted by Crippen LogP contribution is 2.27. The largest absolute Gasteiger partial charge is 0.396 e. The molecule has 0 aliphatic carbocycles. The number of aliphatic hydroxyl groups excluding tert-OH is 1. The molecule has 2 rings (SSSR count). The van der Waals surface area contributed by atoms with Gasteiger partial charge in [-0.2, -0.15) is 0 Å². The summed E-state index contributed by atoms with van der Waals surface area (Å²) in [6.45, 7) is 5.83. The van der Waals surface area contributed by atoms with Crippen LogP contribution in [0.1, 0.15) is 24.2 Å². The van der Waals surface area contributed by atoms with Gasteiger partial charge in [0.05, 0.1) is 11.4 Å². The van der Waals surface area contributed by atoms with Gasteiger partial charge in [0.2, 0.25) is 0 Å². The molecule has 5 heteroatoms. The second kappa shape index (κ2) is 5.19. The summed E-state index contributed by atoms with van der Waals surface area (Å²) in [5, 5.41) is 9.69. The number of piperidine rings is 1. The van der Waals surface area contributed by atoms with E-state index in [1.54, 1.807) is 0 Å². The van der Waals surface area contributed by atoms with Crippen LogP contribution in [0.2, 0.25) is 5.15 Å². The lowest BCUT2D eigenvalue weighted by molar-refractivity contribution is 0.208. The Morgan fingerprint density at radius 3 is 2.76 bits per heavy atom. The molecule has 1 saturated heterocycles. The topological polar surface area (TPSA) is 49.2 Å². The molecule has 0 spiro atoms. The van der Waals surface area contributed by atoms with Gasteiger partial charge in [0.15, 0.2) is 11.0 Å². The SMILES string of the molecule is Cc1nc(Cl)c(N2CCCC(CO)C2)nc1C. The Morgan fingerprint density at radius 1 is 1.35 bits per heavy atom. The first-order chi connectivity index (χ1) is 8.11. The Kier molecular flexibility index (Phi) is 3.84. The maximum Gasteiger partial charge on any atom is 0.171 e. The van der Waals surface area contributed by atoms with E-state index in [1.807, 2.05) is 13.8 Å². The van der Waals surface area contributed by atoms with Gasteiger partial charge in [-0.1, -0.05) is 11.6 Å². The van der Waals surface area contributed by atoms with Gasteiger partial charge in [0.1, 0.15) is 0 Å². The molecule has 0 amide bonds. The quantitative estimate of drug-likeness (QED) is 0.878. The second-order valence-electron chi connectivity index (χ2n) is 4.65. The van der Waals surface area contributed by atoms with Gasteiger partial charge < -0.3 is 10.0 Å². The van der Waals surface area contributed by atoms with Crippen molar-refractivity contribution in [2.45, 2.75) is 26.7 Å². The van der Waals surface area contributed by atoms with Crippen molar-refractivity contribution in [3.8, 4) is 0 Å². The summed E-state index contributed by atoms with van der Waals surface area (Å²) < 4.78 is 0. The lowest BCUT2D eigenvalue weighted by atomic mass is 9.99. The van der Waals surface area contributed by atoms with Crippen molar-refractivity contribution >= 4 is 17.4 Å². The molecule has 1 unspecified atom stereocenters. The number of aromatic nitrogens is 2. The van der Waals surface area contributed by atoms with E-state index in [-0.39, 0.29) is 6.61 Å². The third-order valence-electron chi connectivity index (χ3n) is 3.32. The van der Waals surface area contributed by atoms with E-state index >= 15 is 0 Å². The normalized spacial score (nSPS) is 20.7. The van der Waals surface area contributed by atoms with E-state index in [9.17, 15) is 5.11 Å². The predicted molar refractivity (Wildman–Crippen MR) is 68.5 cm³/mol. The number of aliphatic hydroxyl groups is 1. The first kappa shape index (κ1) is 12.6. The summed E-state index contributed by atoms with van der Waals surface area (Å²) >= 11 is 6.15. The zero-order valence-corrected chi connectivity index (χ0v) is 11.0. The summed E-state index contributed by atoms with van der Waals surface area (Å²) in [6.07, 6.45) is 2.14. The molecule has 17 heavy (non-hydrogen) atoms. The van der Waals surface area contributed by atoms with E-state index in [2.05, 4.69) is 14.9 Å². The molecule has 0 bridgehead atoms. The van der Waals surface area contributed by atoms with Gasteiger partial charge >= 0.3 is 0 Å².